The van der Waals surface area contributed by atoms with Gasteiger partial charge in [0.15, 0.2) is 0 Å². The maximum Gasteiger partial charge on any atom is 0.240 e. The number of hydrogen-bond acceptors (Lipinski definition) is 6. The highest BCUT2D eigenvalue weighted by Crippen LogP contribution is 2.43. The molecule has 2 unspecified atom stereocenters. The minimum atomic E-state index is -3.71. The van der Waals surface area contributed by atoms with Crippen molar-refractivity contribution in [2.45, 2.75) is 70.7 Å². The molecule has 1 saturated carbocycles. The second-order valence-corrected chi connectivity index (χ2v) is 12.8. The molecule has 0 amide bonds. The quantitative estimate of drug-likeness (QED) is 0.452. The van der Waals surface area contributed by atoms with E-state index in [-0.39, 0.29) is 27.7 Å². The normalized spacial score (nSPS) is 20.5. The zero-order valence-electron chi connectivity index (χ0n) is 21.1. The molecule has 1 fully saturated rings. The van der Waals surface area contributed by atoms with Gasteiger partial charge in [-0.15, -0.1) is 0 Å². The number of aromatic nitrogens is 1. The van der Waals surface area contributed by atoms with E-state index in [0.29, 0.717) is 18.3 Å². The van der Waals surface area contributed by atoms with Crippen LogP contribution in [0.2, 0.25) is 0 Å². The van der Waals surface area contributed by atoms with Crippen LogP contribution >= 0.6 is 0 Å². The van der Waals surface area contributed by atoms with Crippen LogP contribution in [0.1, 0.15) is 75.9 Å². The number of nitrogens with one attached hydrogen (secondary N) is 3. The molecule has 34 heavy (non-hydrogen) atoms. The highest BCUT2D eigenvalue weighted by atomic mass is 32.2. The zero-order valence-corrected chi connectivity index (χ0v) is 21.9. The van der Waals surface area contributed by atoms with E-state index in [9.17, 15) is 13.2 Å². The van der Waals surface area contributed by atoms with Crippen LogP contribution in [0.5, 0.6) is 0 Å². The molecule has 0 saturated heterocycles. The SMILES string of the molecule is CNc1nc(C2CCC(C)(C)C(NS(=O)(=O)c3ccc(C=O)cc3)C2)ccc1NCC(C)(C)C. The number of aldehydes is 1. The molecule has 0 radical (unpaired) electrons. The van der Waals surface area contributed by atoms with Gasteiger partial charge in [0.2, 0.25) is 10.0 Å². The van der Waals surface area contributed by atoms with Crippen molar-refractivity contribution in [2.24, 2.45) is 10.8 Å². The molecule has 0 bridgehead atoms. The van der Waals surface area contributed by atoms with Crippen LogP contribution in [-0.4, -0.2) is 39.3 Å². The van der Waals surface area contributed by atoms with Gasteiger partial charge in [-0.3, -0.25) is 4.79 Å². The first-order valence-corrected chi connectivity index (χ1v) is 13.3. The van der Waals surface area contributed by atoms with Gasteiger partial charge in [0.1, 0.15) is 12.1 Å². The number of benzene rings is 1. The van der Waals surface area contributed by atoms with Crippen molar-refractivity contribution >= 4 is 27.8 Å². The summed E-state index contributed by atoms with van der Waals surface area (Å²) in [5, 5.41) is 6.67. The smallest absolute Gasteiger partial charge is 0.240 e. The van der Waals surface area contributed by atoms with E-state index in [1.165, 1.54) is 24.3 Å². The van der Waals surface area contributed by atoms with Crippen molar-refractivity contribution in [1.82, 2.24) is 9.71 Å². The summed E-state index contributed by atoms with van der Waals surface area (Å²) < 4.78 is 29.1. The number of hydrogen-bond donors (Lipinski definition) is 3. The lowest BCUT2D eigenvalue weighted by Crippen LogP contribution is -2.48. The second kappa shape index (κ2) is 10.0. The topological polar surface area (TPSA) is 100 Å². The Hall–Kier alpha value is -2.45. The summed E-state index contributed by atoms with van der Waals surface area (Å²) in [5.41, 5.74) is 2.35. The van der Waals surface area contributed by atoms with E-state index >= 15 is 0 Å². The first-order valence-electron chi connectivity index (χ1n) is 11.8. The number of carbonyl (C=O) groups is 1. The van der Waals surface area contributed by atoms with Gasteiger partial charge in [0.05, 0.1) is 10.6 Å². The Balaban J connectivity index is 1.79. The summed E-state index contributed by atoms with van der Waals surface area (Å²) >= 11 is 0. The van der Waals surface area contributed by atoms with Crippen molar-refractivity contribution in [3.63, 3.8) is 0 Å². The lowest BCUT2D eigenvalue weighted by atomic mass is 9.69. The molecule has 7 nitrogen and oxygen atoms in total. The molecule has 0 spiro atoms. The van der Waals surface area contributed by atoms with Gasteiger partial charge in [0.25, 0.3) is 0 Å². The molecule has 0 aliphatic heterocycles. The highest BCUT2D eigenvalue weighted by Gasteiger charge is 2.39. The molecule has 3 rings (SSSR count). The summed E-state index contributed by atoms with van der Waals surface area (Å²) in [7, 11) is -1.84. The average molecular weight is 487 g/mol. The van der Waals surface area contributed by atoms with E-state index in [1.54, 1.807) is 0 Å². The van der Waals surface area contributed by atoms with Crippen LogP contribution < -0.4 is 15.4 Å². The number of carbonyl (C=O) groups excluding carboxylic acids is 1. The molecule has 1 aliphatic carbocycles. The Labute approximate surface area is 204 Å². The second-order valence-electron chi connectivity index (χ2n) is 11.1. The molecule has 1 aliphatic rings. The van der Waals surface area contributed by atoms with E-state index < -0.39 is 10.0 Å². The van der Waals surface area contributed by atoms with Crippen LogP contribution in [0.4, 0.5) is 11.5 Å². The van der Waals surface area contributed by atoms with Crippen LogP contribution in [0, 0.1) is 10.8 Å². The fraction of sp³-hybridized carbons (Fsp3) is 0.538. The summed E-state index contributed by atoms with van der Waals surface area (Å²) in [6.45, 7) is 11.6. The van der Waals surface area contributed by atoms with Crippen LogP contribution in [0.15, 0.2) is 41.3 Å². The third-order valence-corrected chi connectivity index (χ3v) is 8.09. The summed E-state index contributed by atoms with van der Waals surface area (Å²) in [4.78, 5) is 16.0. The lowest BCUT2D eigenvalue weighted by molar-refractivity contribution is 0.112. The van der Waals surface area contributed by atoms with Crippen molar-refractivity contribution in [1.29, 1.82) is 0 Å². The number of sulfonamides is 1. The third-order valence-electron chi connectivity index (χ3n) is 6.61. The van der Waals surface area contributed by atoms with Gasteiger partial charge < -0.3 is 10.6 Å². The predicted octanol–water partition coefficient (Wildman–Crippen LogP) is 5.03. The molecular formula is C26H38N4O3S. The maximum absolute atomic E-state index is 13.1. The van der Waals surface area contributed by atoms with Gasteiger partial charge >= 0.3 is 0 Å². The summed E-state index contributed by atoms with van der Waals surface area (Å²) in [5.74, 6) is 0.959. The average Bonchev–Trinajstić information content (AvgIpc) is 2.78. The Morgan fingerprint density at radius 3 is 2.38 bits per heavy atom. The molecule has 3 N–H and O–H groups in total. The zero-order chi connectivity index (χ0) is 25.1. The van der Waals surface area contributed by atoms with Crippen molar-refractivity contribution in [3.05, 3.63) is 47.7 Å². The molecular weight excluding hydrogens is 448 g/mol. The van der Waals surface area contributed by atoms with E-state index in [2.05, 4.69) is 62.1 Å². The van der Waals surface area contributed by atoms with E-state index in [1.807, 2.05) is 7.05 Å². The third kappa shape index (κ3) is 6.36. The Morgan fingerprint density at radius 1 is 1.12 bits per heavy atom. The Kier molecular flexibility index (Phi) is 7.72. The minimum Gasteiger partial charge on any atom is -0.382 e. The fourth-order valence-electron chi connectivity index (χ4n) is 4.29. The first kappa shape index (κ1) is 26.2. The van der Waals surface area contributed by atoms with Gasteiger partial charge in [-0.2, -0.15) is 0 Å². The number of pyridine rings is 1. The monoisotopic (exact) mass is 486 g/mol. The van der Waals surface area contributed by atoms with Gasteiger partial charge in [-0.1, -0.05) is 46.8 Å². The van der Waals surface area contributed by atoms with Crippen molar-refractivity contribution < 1.29 is 13.2 Å². The van der Waals surface area contributed by atoms with Crippen LogP contribution in [0.25, 0.3) is 0 Å². The number of rotatable bonds is 8. The maximum atomic E-state index is 13.1. The largest absolute Gasteiger partial charge is 0.382 e. The molecule has 186 valence electrons. The van der Waals surface area contributed by atoms with Crippen molar-refractivity contribution in [3.8, 4) is 0 Å². The number of nitrogens with zero attached hydrogens (tertiary/aromatic N) is 1. The van der Waals surface area contributed by atoms with Gasteiger partial charge in [0, 0.05) is 36.8 Å². The molecule has 1 heterocycles. The fourth-order valence-corrected chi connectivity index (χ4v) is 5.71. The van der Waals surface area contributed by atoms with Gasteiger partial charge in [-0.05, 0) is 54.4 Å². The van der Waals surface area contributed by atoms with E-state index in [0.717, 1.165) is 36.6 Å². The molecule has 8 heteroatoms. The molecule has 1 aromatic carbocycles. The van der Waals surface area contributed by atoms with Gasteiger partial charge in [-0.25, -0.2) is 18.1 Å². The Morgan fingerprint density at radius 2 is 1.79 bits per heavy atom. The molecule has 1 aromatic heterocycles. The standard InChI is InChI=1S/C26H38N4O3S/c1-25(2,3)17-28-22-12-11-21(29-24(22)27-6)19-13-14-26(4,5)23(15-19)30-34(32,33)20-9-7-18(16-31)8-10-20/h7-12,16,19,23,28,30H,13-15,17H2,1-6H3,(H,27,29). The lowest BCUT2D eigenvalue weighted by Gasteiger charge is -2.42. The summed E-state index contributed by atoms with van der Waals surface area (Å²) in [6.07, 6.45) is 3.21. The Bertz CT molecular complexity index is 1110. The number of anilines is 2. The highest BCUT2D eigenvalue weighted by molar-refractivity contribution is 7.89. The summed E-state index contributed by atoms with van der Waals surface area (Å²) in [6, 6.07) is 9.88. The molecule has 2 aromatic rings. The van der Waals surface area contributed by atoms with E-state index in [4.69, 9.17) is 4.98 Å². The first-order chi connectivity index (χ1) is 15.8. The van der Waals surface area contributed by atoms with Crippen molar-refractivity contribution in [2.75, 3.05) is 24.2 Å². The molecule has 2 atom stereocenters. The van der Waals surface area contributed by atoms with Crippen LogP contribution in [-0.2, 0) is 10.0 Å². The van der Waals surface area contributed by atoms with Crippen LogP contribution in [0.3, 0.4) is 0 Å². The minimum absolute atomic E-state index is 0.149. The predicted molar refractivity (Wildman–Crippen MR) is 138 cm³/mol.